The summed E-state index contributed by atoms with van der Waals surface area (Å²) in [7, 11) is 3.26. The highest BCUT2D eigenvalue weighted by molar-refractivity contribution is 7.10. The fourth-order valence-electron chi connectivity index (χ4n) is 5.31. The van der Waals surface area contributed by atoms with Crippen molar-refractivity contribution >= 4 is 45.9 Å². The predicted octanol–water partition coefficient (Wildman–Crippen LogP) is 7.05. The molecule has 40 heavy (non-hydrogen) atoms. The summed E-state index contributed by atoms with van der Waals surface area (Å²) in [5, 5.41) is 10.6. The Hall–Kier alpha value is -4.89. The summed E-state index contributed by atoms with van der Waals surface area (Å²) in [4.78, 5) is 13.8. The summed E-state index contributed by atoms with van der Waals surface area (Å²) in [6.45, 7) is 2.06. The molecule has 3 aromatic carbocycles. The fourth-order valence-corrected chi connectivity index (χ4v) is 6.14. The second kappa shape index (κ2) is 9.69. The van der Waals surface area contributed by atoms with Crippen LogP contribution < -0.4 is 19.7 Å². The van der Waals surface area contributed by atoms with Gasteiger partial charge in [0.05, 0.1) is 37.0 Å². The first-order valence-corrected chi connectivity index (χ1v) is 13.8. The van der Waals surface area contributed by atoms with Crippen LogP contribution in [0.15, 0.2) is 100 Å². The van der Waals surface area contributed by atoms with Crippen LogP contribution in [0.25, 0.3) is 5.69 Å². The van der Waals surface area contributed by atoms with Crippen molar-refractivity contribution in [3.05, 3.63) is 106 Å². The topological polar surface area (TPSA) is 76.3 Å². The number of aliphatic imine (C=N–C) groups is 2. The minimum Gasteiger partial charge on any atom is -0.493 e. The van der Waals surface area contributed by atoms with Gasteiger partial charge in [-0.15, -0.1) is 11.3 Å². The van der Waals surface area contributed by atoms with Crippen LogP contribution in [0.3, 0.4) is 0 Å². The third-order valence-corrected chi connectivity index (χ3v) is 8.02. The maximum atomic E-state index is 5.55. The molecule has 0 saturated heterocycles. The number of ether oxygens (including phenoxy) is 2. The molecule has 9 heteroatoms. The number of benzene rings is 3. The Kier molecular flexibility index (Phi) is 5.86. The van der Waals surface area contributed by atoms with Gasteiger partial charge in [0, 0.05) is 22.2 Å². The van der Waals surface area contributed by atoms with Crippen LogP contribution in [0, 0.1) is 6.92 Å². The molecule has 0 unspecified atom stereocenters. The first kappa shape index (κ1) is 24.2. The molecule has 0 amide bonds. The van der Waals surface area contributed by atoms with Crippen molar-refractivity contribution in [3.63, 3.8) is 0 Å². The standard InChI is InChI=1S/C31H26N6O2S/c1-19-27-28(26-14-9-17-40-26)36-23-13-8-7-12-22(23)33-29(32-20-15-16-24(38-2)25(18-20)39-3)31(36)34-30(27)37(35-19)21-10-5-4-6-11-21/h4-18,28H,1-3H3,(H,32,33)/t28-/m1/s1. The predicted molar refractivity (Wildman–Crippen MR) is 161 cm³/mol. The number of para-hydroxylation sites is 3. The van der Waals surface area contributed by atoms with E-state index in [4.69, 9.17) is 24.6 Å². The molecule has 2 aliphatic rings. The van der Waals surface area contributed by atoms with Gasteiger partial charge < -0.3 is 19.7 Å². The lowest BCUT2D eigenvalue weighted by Gasteiger charge is -2.40. The maximum Gasteiger partial charge on any atom is 0.179 e. The van der Waals surface area contributed by atoms with E-state index in [2.05, 4.69) is 40.7 Å². The van der Waals surface area contributed by atoms with Gasteiger partial charge in [-0.05, 0) is 54.8 Å². The molecule has 8 nitrogen and oxygen atoms in total. The number of amidine groups is 2. The van der Waals surface area contributed by atoms with Gasteiger partial charge in [0.25, 0.3) is 0 Å². The number of methoxy groups -OCH3 is 2. The van der Waals surface area contributed by atoms with Crippen LogP contribution in [-0.4, -0.2) is 35.7 Å². The number of hydrogen-bond donors (Lipinski definition) is 1. The highest BCUT2D eigenvalue weighted by Crippen LogP contribution is 2.49. The molecule has 5 aromatic rings. The van der Waals surface area contributed by atoms with Crippen LogP contribution in [0.5, 0.6) is 11.5 Å². The van der Waals surface area contributed by atoms with E-state index in [0.717, 1.165) is 45.7 Å². The number of aryl methyl sites for hydroxylation is 1. The van der Waals surface area contributed by atoms with E-state index < -0.39 is 0 Å². The molecular formula is C31H26N6O2S. The van der Waals surface area contributed by atoms with Crippen LogP contribution in [-0.2, 0) is 0 Å². The van der Waals surface area contributed by atoms with Gasteiger partial charge in [-0.1, -0.05) is 36.4 Å². The van der Waals surface area contributed by atoms with Crippen molar-refractivity contribution in [2.75, 3.05) is 24.4 Å². The van der Waals surface area contributed by atoms with Crippen molar-refractivity contribution in [3.8, 4) is 17.2 Å². The van der Waals surface area contributed by atoms with Gasteiger partial charge in [0.15, 0.2) is 29.0 Å². The van der Waals surface area contributed by atoms with E-state index in [1.54, 1.807) is 25.6 Å². The Balaban J connectivity index is 1.45. The van der Waals surface area contributed by atoms with Crippen molar-refractivity contribution in [1.82, 2.24) is 9.78 Å². The number of anilines is 2. The summed E-state index contributed by atoms with van der Waals surface area (Å²) < 4.78 is 12.9. The third-order valence-electron chi connectivity index (χ3n) is 7.10. The molecule has 0 aliphatic carbocycles. The highest BCUT2D eigenvalue weighted by Gasteiger charge is 2.41. The minimum atomic E-state index is -0.126. The van der Waals surface area contributed by atoms with Crippen LogP contribution in [0.4, 0.5) is 22.9 Å². The van der Waals surface area contributed by atoms with Crippen LogP contribution in [0.2, 0.25) is 0 Å². The minimum absolute atomic E-state index is 0.126. The zero-order valence-corrected chi connectivity index (χ0v) is 23.0. The molecule has 2 aromatic heterocycles. The molecule has 0 spiro atoms. The zero-order valence-electron chi connectivity index (χ0n) is 22.2. The Morgan fingerprint density at radius 2 is 1.65 bits per heavy atom. The first-order valence-electron chi connectivity index (χ1n) is 12.9. The molecule has 198 valence electrons. The van der Waals surface area contributed by atoms with Gasteiger partial charge in [0.2, 0.25) is 0 Å². The molecular weight excluding hydrogens is 520 g/mol. The number of fused-ring (bicyclic) bond motifs is 4. The van der Waals surface area contributed by atoms with E-state index in [9.17, 15) is 0 Å². The molecule has 1 N–H and O–H groups in total. The summed E-state index contributed by atoms with van der Waals surface area (Å²) >= 11 is 1.73. The number of nitrogens with one attached hydrogen (secondary N) is 1. The summed E-state index contributed by atoms with van der Waals surface area (Å²) in [5.74, 6) is 3.44. The van der Waals surface area contributed by atoms with Gasteiger partial charge in [-0.25, -0.2) is 14.7 Å². The highest BCUT2D eigenvalue weighted by atomic mass is 32.1. The summed E-state index contributed by atoms with van der Waals surface area (Å²) in [6.07, 6.45) is 0. The van der Waals surface area contributed by atoms with Crippen LogP contribution >= 0.6 is 11.3 Å². The van der Waals surface area contributed by atoms with Crippen LogP contribution in [0.1, 0.15) is 22.2 Å². The Bertz CT molecular complexity index is 1780. The quantitative estimate of drug-likeness (QED) is 0.256. The first-order chi connectivity index (χ1) is 19.7. The molecule has 7 rings (SSSR count). The average molecular weight is 547 g/mol. The second-order valence-electron chi connectivity index (χ2n) is 9.44. The molecule has 0 fully saturated rings. The molecule has 0 saturated carbocycles. The zero-order chi connectivity index (χ0) is 27.2. The van der Waals surface area contributed by atoms with Gasteiger partial charge >= 0.3 is 0 Å². The lowest BCUT2D eigenvalue weighted by molar-refractivity contribution is 0.355. The van der Waals surface area contributed by atoms with E-state index in [1.165, 1.54) is 4.88 Å². The SMILES string of the molecule is COc1ccc(NC2=Nc3ccccc3N3C2=Nc2c(c(C)nn2-c2ccccc2)[C@H]3c2cccs2)cc1OC. The molecule has 0 bridgehead atoms. The lowest BCUT2D eigenvalue weighted by Crippen LogP contribution is -2.46. The largest absolute Gasteiger partial charge is 0.493 e. The number of thiophene rings is 1. The smallest absolute Gasteiger partial charge is 0.179 e. The normalized spacial score (nSPS) is 15.4. The Morgan fingerprint density at radius 1 is 0.850 bits per heavy atom. The van der Waals surface area contributed by atoms with Crippen molar-refractivity contribution in [1.29, 1.82) is 0 Å². The third kappa shape index (κ3) is 3.85. The van der Waals surface area contributed by atoms with Gasteiger partial charge in [-0.2, -0.15) is 5.10 Å². The van der Waals surface area contributed by atoms with E-state index in [0.29, 0.717) is 17.3 Å². The number of rotatable bonds is 5. The van der Waals surface area contributed by atoms with E-state index >= 15 is 0 Å². The summed E-state index contributed by atoms with van der Waals surface area (Å²) in [6, 6.07) is 28.2. The molecule has 4 heterocycles. The fraction of sp³-hybridized carbons (Fsp3) is 0.129. The monoisotopic (exact) mass is 546 g/mol. The maximum absolute atomic E-state index is 5.55. The Morgan fingerprint density at radius 3 is 2.42 bits per heavy atom. The van der Waals surface area contributed by atoms with Gasteiger partial charge in [0.1, 0.15) is 6.04 Å². The molecule has 1 atom stereocenters. The second-order valence-corrected chi connectivity index (χ2v) is 10.4. The average Bonchev–Trinajstić information content (AvgIpc) is 3.65. The number of nitrogens with zero attached hydrogens (tertiary/aromatic N) is 5. The number of hydrogen-bond acceptors (Lipinski definition) is 8. The molecule has 0 radical (unpaired) electrons. The lowest BCUT2D eigenvalue weighted by atomic mass is 9.98. The summed E-state index contributed by atoms with van der Waals surface area (Å²) in [5.41, 5.74) is 5.64. The van der Waals surface area contributed by atoms with Crippen molar-refractivity contribution < 1.29 is 9.47 Å². The molecule has 2 aliphatic heterocycles. The van der Waals surface area contributed by atoms with E-state index in [-0.39, 0.29) is 6.04 Å². The Labute approximate surface area is 235 Å². The van der Waals surface area contributed by atoms with Crippen molar-refractivity contribution in [2.45, 2.75) is 13.0 Å². The van der Waals surface area contributed by atoms with Gasteiger partial charge in [-0.3, -0.25) is 0 Å². The van der Waals surface area contributed by atoms with E-state index in [1.807, 2.05) is 71.4 Å². The number of aromatic nitrogens is 2. The van der Waals surface area contributed by atoms with Crippen molar-refractivity contribution in [2.24, 2.45) is 9.98 Å².